The van der Waals surface area contributed by atoms with Gasteiger partial charge in [-0.05, 0) is 61.6 Å². The van der Waals surface area contributed by atoms with Crippen LogP contribution in [-0.2, 0) is 16.0 Å². The molecule has 0 bridgehead atoms. The quantitative estimate of drug-likeness (QED) is 0.760. The molecular formula is C23H25N3O3. The number of rotatable bonds is 6. The van der Waals surface area contributed by atoms with E-state index in [1.165, 1.54) is 10.5 Å². The average molecular weight is 391 g/mol. The van der Waals surface area contributed by atoms with Crippen molar-refractivity contribution in [3.63, 3.8) is 0 Å². The maximum atomic E-state index is 13.1. The third-order valence-electron chi connectivity index (χ3n) is 5.48. The molecule has 1 saturated carbocycles. The van der Waals surface area contributed by atoms with Crippen LogP contribution in [0.1, 0.15) is 37.3 Å². The van der Waals surface area contributed by atoms with Gasteiger partial charge < -0.3 is 10.2 Å². The number of nitrogens with one attached hydrogen (secondary N) is 1. The smallest absolute Gasteiger partial charge is 0.326 e. The van der Waals surface area contributed by atoms with Crippen molar-refractivity contribution in [1.82, 2.24) is 4.90 Å². The predicted molar refractivity (Wildman–Crippen MR) is 112 cm³/mol. The van der Waals surface area contributed by atoms with Gasteiger partial charge in [-0.3, -0.25) is 9.59 Å². The number of carbonyl (C=O) groups is 3. The van der Waals surface area contributed by atoms with Crippen LogP contribution in [-0.4, -0.2) is 34.8 Å². The van der Waals surface area contributed by atoms with E-state index in [4.69, 9.17) is 0 Å². The fourth-order valence-corrected chi connectivity index (χ4v) is 3.78. The van der Waals surface area contributed by atoms with Crippen LogP contribution in [0, 0.1) is 6.92 Å². The summed E-state index contributed by atoms with van der Waals surface area (Å²) in [6.07, 6.45) is 2.63. The second-order valence-electron chi connectivity index (χ2n) is 7.75. The first-order chi connectivity index (χ1) is 14.0. The third-order valence-corrected chi connectivity index (χ3v) is 5.48. The summed E-state index contributed by atoms with van der Waals surface area (Å²) in [4.78, 5) is 41.6. The van der Waals surface area contributed by atoms with E-state index in [0.29, 0.717) is 11.4 Å². The Labute approximate surface area is 170 Å². The molecule has 0 aromatic heterocycles. The summed E-state index contributed by atoms with van der Waals surface area (Å²) < 4.78 is 0. The topological polar surface area (TPSA) is 69.7 Å². The van der Waals surface area contributed by atoms with E-state index in [2.05, 4.69) is 12.2 Å². The van der Waals surface area contributed by atoms with Gasteiger partial charge in [0.15, 0.2) is 0 Å². The lowest BCUT2D eigenvalue weighted by Gasteiger charge is -2.21. The Morgan fingerprint density at radius 2 is 1.83 bits per heavy atom. The molecule has 2 fully saturated rings. The van der Waals surface area contributed by atoms with Gasteiger partial charge in [0.25, 0.3) is 5.91 Å². The highest BCUT2D eigenvalue weighted by Gasteiger charge is 2.51. The summed E-state index contributed by atoms with van der Waals surface area (Å²) >= 11 is 0. The summed E-state index contributed by atoms with van der Waals surface area (Å²) in [6, 6.07) is 13.9. The number of benzene rings is 2. The highest BCUT2D eigenvalue weighted by Crippen LogP contribution is 2.36. The van der Waals surface area contributed by atoms with Crippen LogP contribution >= 0.6 is 0 Å². The lowest BCUT2D eigenvalue weighted by molar-refractivity contribution is -0.124. The average Bonchev–Trinajstić information content (AvgIpc) is 3.50. The van der Waals surface area contributed by atoms with Crippen LogP contribution in [0.5, 0.6) is 0 Å². The van der Waals surface area contributed by atoms with Crippen LogP contribution in [0.2, 0.25) is 0 Å². The number of anilines is 2. The number of imide groups is 1. The molecule has 4 rings (SSSR count). The van der Waals surface area contributed by atoms with Gasteiger partial charge in [0.2, 0.25) is 5.91 Å². The SMILES string of the molecule is CCc1ccc(NC(=O)C[C@@H]2C(=O)N(c3cccc(C)c3)C(=O)N2C2CC2)cc1. The number of hydrogen-bond acceptors (Lipinski definition) is 3. The van der Waals surface area contributed by atoms with Gasteiger partial charge in [0, 0.05) is 11.7 Å². The van der Waals surface area contributed by atoms with E-state index in [0.717, 1.165) is 24.8 Å². The van der Waals surface area contributed by atoms with E-state index >= 15 is 0 Å². The molecule has 4 amide bonds. The van der Waals surface area contributed by atoms with E-state index < -0.39 is 6.04 Å². The molecule has 29 heavy (non-hydrogen) atoms. The van der Waals surface area contributed by atoms with E-state index in [1.54, 1.807) is 11.0 Å². The summed E-state index contributed by atoms with van der Waals surface area (Å²) in [7, 11) is 0. The Morgan fingerprint density at radius 1 is 1.10 bits per heavy atom. The number of carbonyl (C=O) groups excluding carboxylic acids is 3. The minimum atomic E-state index is -0.759. The first kappa shape index (κ1) is 19.2. The molecule has 1 heterocycles. The third kappa shape index (κ3) is 3.88. The Bertz CT molecular complexity index is 950. The van der Waals surface area contributed by atoms with Gasteiger partial charge in [-0.2, -0.15) is 0 Å². The summed E-state index contributed by atoms with van der Waals surface area (Å²) in [6.45, 7) is 3.99. The Morgan fingerprint density at radius 3 is 2.45 bits per heavy atom. The minimum Gasteiger partial charge on any atom is -0.326 e. The van der Waals surface area contributed by atoms with Crippen molar-refractivity contribution in [2.45, 2.75) is 51.6 Å². The zero-order chi connectivity index (χ0) is 20.5. The molecular weight excluding hydrogens is 366 g/mol. The number of hydrogen-bond donors (Lipinski definition) is 1. The molecule has 2 aliphatic rings. The number of amides is 4. The minimum absolute atomic E-state index is 0.0427. The summed E-state index contributed by atoms with van der Waals surface area (Å²) in [5, 5.41) is 2.85. The summed E-state index contributed by atoms with van der Waals surface area (Å²) in [5.41, 5.74) is 3.41. The van der Waals surface area contributed by atoms with Crippen molar-refractivity contribution in [2.24, 2.45) is 0 Å². The van der Waals surface area contributed by atoms with Gasteiger partial charge >= 0.3 is 6.03 Å². The van der Waals surface area contributed by atoms with Crippen LogP contribution in [0.15, 0.2) is 48.5 Å². The fourth-order valence-electron chi connectivity index (χ4n) is 3.78. The van der Waals surface area contributed by atoms with Crippen molar-refractivity contribution < 1.29 is 14.4 Å². The van der Waals surface area contributed by atoms with Gasteiger partial charge in [0.05, 0.1) is 12.1 Å². The Hall–Kier alpha value is -3.15. The van der Waals surface area contributed by atoms with Crippen LogP contribution < -0.4 is 10.2 Å². The number of urea groups is 1. The van der Waals surface area contributed by atoms with Gasteiger partial charge in [0.1, 0.15) is 6.04 Å². The van der Waals surface area contributed by atoms with Crippen molar-refractivity contribution in [2.75, 3.05) is 10.2 Å². The lowest BCUT2D eigenvalue weighted by atomic mass is 10.1. The van der Waals surface area contributed by atoms with Crippen LogP contribution in [0.4, 0.5) is 16.2 Å². The molecule has 6 heteroatoms. The summed E-state index contributed by atoms with van der Waals surface area (Å²) in [5.74, 6) is -0.596. The highest BCUT2D eigenvalue weighted by molar-refractivity contribution is 6.22. The molecule has 1 aliphatic heterocycles. The van der Waals surface area contributed by atoms with E-state index in [1.807, 2.05) is 49.4 Å². The van der Waals surface area contributed by atoms with Gasteiger partial charge in [-0.1, -0.05) is 31.2 Å². The molecule has 1 aliphatic carbocycles. The largest absolute Gasteiger partial charge is 0.332 e. The second kappa shape index (κ2) is 7.70. The van der Waals surface area contributed by atoms with Crippen LogP contribution in [0.25, 0.3) is 0 Å². The maximum Gasteiger partial charge on any atom is 0.332 e. The maximum absolute atomic E-state index is 13.1. The molecule has 0 radical (unpaired) electrons. The second-order valence-corrected chi connectivity index (χ2v) is 7.75. The lowest BCUT2D eigenvalue weighted by Crippen LogP contribution is -2.39. The van der Waals surface area contributed by atoms with Crippen molar-refractivity contribution >= 4 is 29.2 Å². The molecule has 150 valence electrons. The number of nitrogens with zero attached hydrogens (tertiary/aromatic N) is 2. The van der Waals surface area contributed by atoms with Gasteiger partial charge in [-0.15, -0.1) is 0 Å². The molecule has 1 saturated heterocycles. The first-order valence-corrected chi connectivity index (χ1v) is 10.1. The molecule has 0 unspecified atom stereocenters. The molecule has 2 aromatic carbocycles. The zero-order valence-corrected chi connectivity index (χ0v) is 16.7. The highest BCUT2D eigenvalue weighted by atomic mass is 16.2. The molecule has 6 nitrogen and oxygen atoms in total. The monoisotopic (exact) mass is 391 g/mol. The zero-order valence-electron chi connectivity index (χ0n) is 16.7. The van der Waals surface area contributed by atoms with Crippen molar-refractivity contribution in [3.05, 3.63) is 59.7 Å². The van der Waals surface area contributed by atoms with E-state index in [-0.39, 0.29) is 30.3 Å². The standard InChI is InChI=1S/C23H25N3O3/c1-3-16-7-9-17(10-8-16)24-21(27)14-20-22(28)26(19-6-4-5-15(2)13-19)23(29)25(20)18-11-12-18/h4-10,13,18,20H,3,11-12,14H2,1-2H3,(H,24,27)/t20-/m1/s1. The molecule has 2 aromatic rings. The van der Waals surface area contributed by atoms with Crippen molar-refractivity contribution in [1.29, 1.82) is 0 Å². The number of aryl methyl sites for hydroxylation is 2. The Kier molecular flexibility index (Phi) is 5.09. The van der Waals surface area contributed by atoms with Crippen molar-refractivity contribution in [3.8, 4) is 0 Å². The fraction of sp³-hybridized carbons (Fsp3) is 0.348. The first-order valence-electron chi connectivity index (χ1n) is 10.1. The Balaban J connectivity index is 1.52. The van der Waals surface area contributed by atoms with Crippen LogP contribution in [0.3, 0.4) is 0 Å². The van der Waals surface area contributed by atoms with E-state index in [9.17, 15) is 14.4 Å². The predicted octanol–water partition coefficient (Wildman–Crippen LogP) is 3.89. The molecule has 1 atom stereocenters. The van der Waals surface area contributed by atoms with Gasteiger partial charge in [-0.25, -0.2) is 9.69 Å². The molecule has 0 spiro atoms. The normalized spacial score (nSPS) is 19.0. The molecule has 1 N–H and O–H groups in total.